The van der Waals surface area contributed by atoms with Gasteiger partial charge < -0.3 is 4.90 Å². The lowest BCUT2D eigenvalue weighted by Gasteiger charge is -2.20. The predicted octanol–water partition coefficient (Wildman–Crippen LogP) is 3.49. The molecular weight excluding hydrogens is 324 g/mol. The van der Waals surface area contributed by atoms with Crippen molar-refractivity contribution in [1.82, 2.24) is 9.88 Å². The highest BCUT2D eigenvalue weighted by Gasteiger charge is 2.17. The largest absolute Gasteiger partial charge is 0.332 e. The minimum Gasteiger partial charge on any atom is -0.332 e. The summed E-state index contributed by atoms with van der Waals surface area (Å²) in [6.45, 7) is 3.19. The molecule has 1 amide bonds. The van der Waals surface area contributed by atoms with Gasteiger partial charge in [-0.3, -0.25) is 4.79 Å². The first-order valence-electron chi connectivity index (χ1n) is 6.02. The van der Waals surface area contributed by atoms with Crippen LogP contribution >= 0.6 is 27.3 Å². The molecule has 1 heterocycles. The van der Waals surface area contributed by atoms with Crippen molar-refractivity contribution in [3.8, 4) is 0 Å². The van der Waals surface area contributed by atoms with E-state index in [0.717, 1.165) is 15.9 Å². The average Bonchev–Trinajstić information content (AvgIpc) is 2.85. The van der Waals surface area contributed by atoms with Crippen molar-refractivity contribution in [2.24, 2.45) is 0 Å². The fourth-order valence-electron chi connectivity index (χ4n) is 1.78. The van der Waals surface area contributed by atoms with Gasteiger partial charge in [0, 0.05) is 23.8 Å². The zero-order valence-electron chi connectivity index (χ0n) is 10.7. The number of alkyl halides is 1. The molecule has 100 valence electrons. The number of aryl methyl sites for hydroxylation is 1. The van der Waals surface area contributed by atoms with Crippen molar-refractivity contribution >= 4 is 33.2 Å². The van der Waals surface area contributed by atoms with E-state index in [1.807, 2.05) is 47.5 Å². The van der Waals surface area contributed by atoms with Gasteiger partial charge >= 0.3 is 0 Å². The Balaban J connectivity index is 2.13. The lowest BCUT2D eigenvalue weighted by molar-refractivity contribution is 0.0749. The monoisotopic (exact) mass is 338 g/mol. The van der Waals surface area contributed by atoms with Gasteiger partial charge in [-0.2, -0.15) is 0 Å². The fraction of sp³-hybridized carbons (Fsp3) is 0.286. The molecule has 1 aromatic heterocycles. The second-order valence-electron chi connectivity index (χ2n) is 4.15. The molecule has 0 unspecified atom stereocenters. The molecule has 2 rings (SSSR count). The summed E-state index contributed by atoms with van der Waals surface area (Å²) in [6.07, 6.45) is 0. The van der Waals surface area contributed by atoms with E-state index in [9.17, 15) is 4.79 Å². The Labute approximate surface area is 125 Å². The summed E-state index contributed by atoms with van der Waals surface area (Å²) in [6, 6.07) is 10.0. The zero-order valence-corrected chi connectivity index (χ0v) is 13.1. The van der Waals surface area contributed by atoms with E-state index in [0.29, 0.717) is 18.8 Å². The molecule has 0 spiro atoms. The number of thiazole rings is 1. The number of halogens is 1. The molecule has 1 aromatic carbocycles. The maximum atomic E-state index is 12.4. The van der Waals surface area contributed by atoms with Gasteiger partial charge in [0.1, 0.15) is 5.69 Å². The molecule has 0 radical (unpaired) electrons. The molecule has 3 nitrogen and oxygen atoms in total. The Kier molecular flexibility index (Phi) is 5.10. The van der Waals surface area contributed by atoms with Crippen LogP contribution in [0.3, 0.4) is 0 Å². The summed E-state index contributed by atoms with van der Waals surface area (Å²) >= 11 is 4.90. The number of carbonyl (C=O) groups excluding carboxylic acids is 1. The van der Waals surface area contributed by atoms with Gasteiger partial charge in [0.05, 0.1) is 5.01 Å². The molecule has 0 N–H and O–H groups in total. The van der Waals surface area contributed by atoms with E-state index in [2.05, 4.69) is 20.9 Å². The number of hydrogen-bond acceptors (Lipinski definition) is 3. The summed E-state index contributed by atoms with van der Waals surface area (Å²) in [5.41, 5.74) is 1.67. The van der Waals surface area contributed by atoms with E-state index in [1.165, 1.54) is 11.3 Å². The van der Waals surface area contributed by atoms with Crippen molar-refractivity contribution in [1.29, 1.82) is 0 Å². The molecule has 0 aliphatic carbocycles. The molecule has 0 aliphatic rings. The van der Waals surface area contributed by atoms with Gasteiger partial charge in [-0.15, -0.1) is 11.3 Å². The van der Waals surface area contributed by atoms with E-state index in [-0.39, 0.29) is 5.91 Å². The average molecular weight is 339 g/mol. The fourth-order valence-corrected chi connectivity index (χ4v) is 2.80. The highest BCUT2D eigenvalue weighted by Crippen LogP contribution is 2.13. The minimum absolute atomic E-state index is 0.00680. The first-order valence-corrected chi connectivity index (χ1v) is 8.02. The van der Waals surface area contributed by atoms with Crippen LogP contribution in [0.1, 0.15) is 21.1 Å². The molecule has 5 heteroatoms. The van der Waals surface area contributed by atoms with Gasteiger partial charge in [0.15, 0.2) is 0 Å². The first-order chi connectivity index (χ1) is 9.20. The molecule has 0 saturated heterocycles. The second-order valence-corrected chi connectivity index (χ2v) is 6.01. The van der Waals surface area contributed by atoms with Crippen LogP contribution in [0.15, 0.2) is 35.7 Å². The number of aromatic nitrogens is 1. The van der Waals surface area contributed by atoms with Gasteiger partial charge in [0.25, 0.3) is 5.91 Å². The van der Waals surface area contributed by atoms with Crippen LogP contribution in [0.2, 0.25) is 0 Å². The lowest BCUT2D eigenvalue weighted by Crippen LogP contribution is -2.32. The third kappa shape index (κ3) is 3.88. The van der Waals surface area contributed by atoms with Gasteiger partial charge in [-0.25, -0.2) is 4.98 Å². The third-order valence-electron chi connectivity index (χ3n) is 2.70. The molecule has 0 bridgehead atoms. The van der Waals surface area contributed by atoms with Crippen LogP contribution < -0.4 is 0 Å². The Morgan fingerprint density at radius 1 is 1.37 bits per heavy atom. The topological polar surface area (TPSA) is 33.2 Å². The number of benzene rings is 1. The van der Waals surface area contributed by atoms with Gasteiger partial charge in [-0.1, -0.05) is 46.3 Å². The van der Waals surface area contributed by atoms with Gasteiger partial charge in [-0.05, 0) is 12.5 Å². The van der Waals surface area contributed by atoms with E-state index >= 15 is 0 Å². The molecule has 2 aromatic rings. The standard InChI is InChI=1S/C14H15BrN2OS/c1-11-16-13(10-19-11)14(18)17(8-7-15)9-12-5-3-2-4-6-12/h2-6,10H,7-9H2,1H3. The Morgan fingerprint density at radius 3 is 2.68 bits per heavy atom. The number of nitrogens with zero attached hydrogens (tertiary/aromatic N) is 2. The van der Waals surface area contributed by atoms with E-state index < -0.39 is 0 Å². The summed E-state index contributed by atoms with van der Waals surface area (Å²) in [4.78, 5) is 18.5. The number of amides is 1. The highest BCUT2D eigenvalue weighted by molar-refractivity contribution is 9.09. The number of rotatable bonds is 5. The second kappa shape index (κ2) is 6.82. The minimum atomic E-state index is -0.00680. The summed E-state index contributed by atoms with van der Waals surface area (Å²) < 4.78 is 0. The lowest BCUT2D eigenvalue weighted by atomic mass is 10.2. The van der Waals surface area contributed by atoms with Crippen LogP contribution in [0, 0.1) is 6.92 Å². The van der Waals surface area contributed by atoms with Crippen LogP contribution in [-0.2, 0) is 6.54 Å². The maximum absolute atomic E-state index is 12.4. The third-order valence-corrected chi connectivity index (χ3v) is 3.82. The summed E-state index contributed by atoms with van der Waals surface area (Å²) in [5, 5.41) is 3.50. The van der Waals surface area contributed by atoms with Crippen molar-refractivity contribution in [2.75, 3.05) is 11.9 Å². The molecular formula is C14H15BrN2OS. The van der Waals surface area contributed by atoms with Crippen molar-refractivity contribution < 1.29 is 4.79 Å². The van der Waals surface area contributed by atoms with Crippen LogP contribution in [0.5, 0.6) is 0 Å². The van der Waals surface area contributed by atoms with Crippen LogP contribution in [-0.4, -0.2) is 27.7 Å². The van der Waals surface area contributed by atoms with Crippen LogP contribution in [0.4, 0.5) is 0 Å². The molecule has 0 fully saturated rings. The zero-order chi connectivity index (χ0) is 13.7. The predicted molar refractivity (Wildman–Crippen MR) is 81.8 cm³/mol. The molecule has 19 heavy (non-hydrogen) atoms. The van der Waals surface area contributed by atoms with Crippen molar-refractivity contribution in [3.05, 3.63) is 52.0 Å². The molecule has 0 aliphatic heterocycles. The number of hydrogen-bond donors (Lipinski definition) is 0. The smallest absolute Gasteiger partial charge is 0.273 e. The Bertz CT molecular complexity index is 541. The molecule has 0 atom stereocenters. The van der Waals surface area contributed by atoms with Crippen molar-refractivity contribution in [2.45, 2.75) is 13.5 Å². The molecule has 0 saturated carbocycles. The SMILES string of the molecule is Cc1nc(C(=O)N(CCBr)Cc2ccccc2)cs1. The van der Waals surface area contributed by atoms with Gasteiger partial charge in [0.2, 0.25) is 0 Å². The highest BCUT2D eigenvalue weighted by atomic mass is 79.9. The summed E-state index contributed by atoms with van der Waals surface area (Å²) in [5.74, 6) is -0.00680. The van der Waals surface area contributed by atoms with Crippen LogP contribution in [0.25, 0.3) is 0 Å². The quantitative estimate of drug-likeness (QED) is 0.782. The van der Waals surface area contributed by atoms with E-state index in [4.69, 9.17) is 0 Å². The Hall–Kier alpha value is -1.20. The Morgan fingerprint density at radius 2 is 2.11 bits per heavy atom. The number of carbonyl (C=O) groups is 1. The van der Waals surface area contributed by atoms with E-state index in [1.54, 1.807) is 0 Å². The van der Waals surface area contributed by atoms with Crippen molar-refractivity contribution in [3.63, 3.8) is 0 Å². The normalized spacial score (nSPS) is 10.4. The maximum Gasteiger partial charge on any atom is 0.273 e. The summed E-state index contributed by atoms with van der Waals surface area (Å²) in [7, 11) is 0. The first kappa shape index (κ1) is 14.2.